The molecule has 0 N–H and O–H groups in total. The maximum Gasteiger partial charge on any atom is 0.0700 e. The highest BCUT2D eigenvalue weighted by Gasteiger charge is 1.81. The molecule has 0 rings (SSSR count). The lowest BCUT2D eigenvalue weighted by Gasteiger charge is -1.98. The first-order valence-electron chi connectivity index (χ1n) is 2.77. The molecule has 0 saturated carbocycles. The average Bonchev–Trinajstić information content (AvgIpc) is 1.81. The summed E-state index contributed by atoms with van der Waals surface area (Å²) in [5, 5.41) is 0. The molecule has 0 fully saturated rings. The van der Waals surface area contributed by atoms with Crippen LogP contribution in [0.2, 0.25) is 0 Å². The Labute approximate surface area is 50.8 Å². The Balaban J connectivity index is 2.53. The van der Waals surface area contributed by atoms with Crippen LogP contribution >= 0.6 is 0 Å². The van der Waals surface area contributed by atoms with E-state index >= 15 is 0 Å². The summed E-state index contributed by atoms with van der Waals surface area (Å²) < 4.78 is 9.78. The van der Waals surface area contributed by atoms with Gasteiger partial charge in [0.15, 0.2) is 0 Å². The zero-order valence-electron chi connectivity index (χ0n) is 5.35. The van der Waals surface area contributed by atoms with E-state index in [0.717, 1.165) is 13.0 Å². The highest BCUT2D eigenvalue weighted by Crippen LogP contribution is 1.78. The molecule has 0 aromatic carbocycles. The van der Waals surface area contributed by atoms with E-state index in [-0.39, 0.29) is 0 Å². The van der Waals surface area contributed by atoms with E-state index in [9.17, 15) is 0 Å². The molecule has 49 valence electrons. The molecule has 0 saturated heterocycles. The lowest BCUT2D eigenvalue weighted by Crippen LogP contribution is -2.01. The highest BCUT2D eigenvalue weighted by atomic mass is 16.5. The minimum atomic E-state index is 0.681. The van der Waals surface area contributed by atoms with Gasteiger partial charge in [0.1, 0.15) is 0 Å². The van der Waals surface area contributed by atoms with Gasteiger partial charge in [-0.3, -0.25) is 0 Å². The minimum absolute atomic E-state index is 0.681. The van der Waals surface area contributed by atoms with Gasteiger partial charge in [0, 0.05) is 13.7 Å². The van der Waals surface area contributed by atoms with E-state index in [0.29, 0.717) is 13.2 Å². The first-order valence-corrected chi connectivity index (χ1v) is 2.77. The molecule has 0 unspecified atom stereocenters. The van der Waals surface area contributed by atoms with Gasteiger partial charge in [-0.2, -0.15) is 0 Å². The van der Waals surface area contributed by atoms with Gasteiger partial charge >= 0.3 is 0 Å². The Morgan fingerprint density at radius 2 is 2.00 bits per heavy atom. The number of hydrogen-bond acceptors (Lipinski definition) is 2. The largest absolute Gasteiger partial charge is 0.382 e. The number of methoxy groups -OCH3 is 1. The van der Waals surface area contributed by atoms with Gasteiger partial charge in [-0.1, -0.05) is 6.92 Å². The van der Waals surface area contributed by atoms with Gasteiger partial charge in [0.25, 0.3) is 0 Å². The summed E-state index contributed by atoms with van der Waals surface area (Å²) in [5.41, 5.74) is 0. The molecule has 0 aliphatic heterocycles. The van der Waals surface area contributed by atoms with Crippen molar-refractivity contribution in [3.63, 3.8) is 0 Å². The van der Waals surface area contributed by atoms with Gasteiger partial charge in [-0.15, -0.1) is 0 Å². The molecule has 2 heteroatoms. The van der Waals surface area contributed by atoms with Crippen LogP contribution in [0.25, 0.3) is 0 Å². The molecule has 0 amide bonds. The van der Waals surface area contributed by atoms with Crippen molar-refractivity contribution in [2.75, 3.05) is 26.9 Å². The third kappa shape index (κ3) is 5.92. The van der Waals surface area contributed by atoms with E-state index in [1.165, 1.54) is 0 Å². The third-order valence-corrected chi connectivity index (χ3v) is 0.720. The van der Waals surface area contributed by atoms with Gasteiger partial charge < -0.3 is 9.47 Å². The Hall–Kier alpha value is -0.0800. The van der Waals surface area contributed by atoms with Crippen molar-refractivity contribution >= 4 is 0 Å². The molecular weight excluding hydrogens is 104 g/mol. The molecule has 0 bridgehead atoms. The Morgan fingerprint density at radius 3 is 2.50 bits per heavy atom. The van der Waals surface area contributed by atoms with Crippen LogP contribution in [0.3, 0.4) is 0 Å². The maximum absolute atomic E-state index is 5.04. The predicted octanol–water partition coefficient (Wildman–Crippen LogP) is 0.874. The van der Waals surface area contributed by atoms with Crippen LogP contribution < -0.4 is 0 Å². The number of ether oxygens (including phenoxy) is 2. The van der Waals surface area contributed by atoms with Crippen LogP contribution in [0.4, 0.5) is 0 Å². The van der Waals surface area contributed by atoms with Crippen molar-refractivity contribution in [3.05, 3.63) is 6.92 Å². The van der Waals surface area contributed by atoms with Crippen molar-refractivity contribution in [1.82, 2.24) is 0 Å². The van der Waals surface area contributed by atoms with E-state index in [1.807, 2.05) is 0 Å². The fourth-order valence-electron chi connectivity index (χ4n) is 0.346. The van der Waals surface area contributed by atoms with Gasteiger partial charge in [0.2, 0.25) is 0 Å². The lowest BCUT2D eigenvalue weighted by atomic mass is 10.5. The molecule has 8 heavy (non-hydrogen) atoms. The summed E-state index contributed by atoms with van der Waals surface area (Å²) in [7, 11) is 1.66. The van der Waals surface area contributed by atoms with Gasteiger partial charge in [-0.25, -0.2) is 0 Å². The second-order valence-corrected chi connectivity index (χ2v) is 1.46. The summed E-state index contributed by atoms with van der Waals surface area (Å²) in [6.45, 7) is 5.72. The van der Waals surface area contributed by atoms with Crippen molar-refractivity contribution < 1.29 is 9.47 Å². The fraction of sp³-hybridized carbons (Fsp3) is 0.833. The van der Waals surface area contributed by atoms with E-state index in [2.05, 4.69) is 6.92 Å². The molecule has 0 aliphatic rings. The van der Waals surface area contributed by atoms with Crippen LogP contribution in [0, 0.1) is 6.92 Å². The third-order valence-electron chi connectivity index (χ3n) is 0.720. The second-order valence-electron chi connectivity index (χ2n) is 1.46. The molecule has 0 spiro atoms. The quantitative estimate of drug-likeness (QED) is 0.497. The Bertz CT molecular complexity index is 31.5. The lowest BCUT2D eigenvalue weighted by molar-refractivity contribution is 0.0728. The second kappa shape index (κ2) is 6.92. The fourth-order valence-corrected chi connectivity index (χ4v) is 0.346. The zero-order chi connectivity index (χ0) is 6.24. The summed E-state index contributed by atoms with van der Waals surface area (Å²) in [6.07, 6.45) is 0.837. The van der Waals surface area contributed by atoms with Crippen LogP contribution in [0.1, 0.15) is 6.42 Å². The summed E-state index contributed by atoms with van der Waals surface area (Å²) in [4.78, 5) is 0. The predicted molar refractivity (Wildman–Crippen MR) is 32.7 cm³/mol. The molecule has 0 aromatic heterocycles. The van der Waals surface area contributed by atoms with E-state index in [4.69, 9.17) is 9.47 Å². The zero-order valence-corrected chi connectivity index (χ0v) is 5.35. The molecule has 1 radical (unpaired) electrons. The molecule has 2 nitrogen and oxygen atoms in total. The summed E-state index contributed by atoms with van der Waals surface area (Å²) >= 11 is 0. The smallest absolute Gasteiger partial charge is 0.0700 e. The summed E-state index contributed by atoms with van der Waals surface area (Å²) in [5.74, 6) is 0. The first kappa shape index (κ1) is 7.92. The molecule has 0 aromatic rings. The molecule has 0 atom stereocenters. The first-order chi connectivity index (χ1) is 3.91. The van der Waals surface area contributed by atoms with E-state index < -0.39 is 0 Å². The monoisotopic (exact) mass is 117 g/mol. The van der Waals surface area contributed by atoms with Crippen molar-refractivity contribution in [1.29, 1.82) is 0 Å². The Kier molecular flexibility index (Phi) is 6.85. The maximum atomic E-state index is 5.04. The van der Waals surface area contributed by atoms with Gasteiger partial charge in [-0.05, 0) is 6.42 Å². The number of rotatable bonds is 5. The normalized spacial score (nSPS) is 9.75. The van der Waals surface area contributed by atoms with Crippen LogP contribution in [0.15, 0.2) is 0 Å². The Morgan fingerprint density at radius 1 is 1.25 bits per heavy atom. The standard InChI is InChI=1S/C6H13O2/c1-3-4-8-6-5-7-2/h1,3-6H2,2H3. The van der Waals surface area contributed by atoms with Crippen molar-refractivity contribution in [2.45, 2.75) is 6.42 Å². The SMILES string of the molecule is [CH2]CCOCCOC. The van der Waals surface area contributed by atoms with E-state index in [1.54, 1.807) is 7.11 Å². The topological polar surface area (TPSA) is 18.5 Å². The minimum Gasteiger partial charge on any atom is -0.382 e. The van der Waals surface area contributed by atoms with Crippen molar-refractivity contribution in [3.8, 4) is 0 Å². The average molecular weight is 117 g/mol. The molecule has 0 aliphatic carbocycles. The van der Waals surface area contributed by atoms with Crippen LogP contribution in [-0.4, -0.2) is 26.9 Å². The molecular formula is C6H13O2. The van der Waals surface area contributed by atoms with Crippen molar-refractivity contribution in [2.24, 2.45) is 0 Å². The number of hydrogen-bond donors (Lipinski definition) is 0. The highest BCUT2D eigenvalue weighted by molar-refractivity contribution is 4.35. The molecule has 0 heterocycles. The van der Waals surface area contributed by atoms with Crippen LogP contribution in [-0.2, 0) is 9.47 Å². The van der Waals surface area contributed by atoms with Crippen LogP contribution in [0.5, 0.6) is 0 Å². The summed E-state index contributed by atoms with van der Waals surface area (Å²) in [6, 6.07) is 0. The van der Waals surface area contributed by atoms with Gasteiger partial charge in [0.05, 0.1) is 13.2 Å².